The zero-order chi connectivity index (χ0) is 17.1. The number of benzene rings is 1. The number of fused-ring (bicyclic) bond motifs is 1. The van der Waals surface area contributed by atoms with Gasteiger partial charge < -0.3 is 10.2 Å². The summed E-state index contributed by atoms with van der Waals surface area (Å²) < 4.78 is 13.2. The van der Waals surface area contributed by atoms with Gasteiger partial charge in [-0.2, -0.15) is 5.26 Å². The molecule has 1 amide bonds. The highest BCUT2D eigenvalue weighted by atomic mass is 19.1. The van der Waals surface area contributed by atoms with Crippen LogP contribution < -0.4 is 10.2 Å². The molecule has 1 aromatic heterocycles. The van der Waals surface area contributed by atoms with E-state index < -0.39 is 0 Å². The molecule has 1 aromatic carbocycles. The molecule has 2 aromatic rings. The lowest BCUT2D eigenvalue weighted by atomic mass is 10.1. The van der Waals surface area contributed by atoms with Gasteiger partial charge in [0.25, 0.3) is 0 Å². The zero-order valence-corrected chi connectivity index (χ0v) is 13.3. The van der Waals surface area contributed by atoms with E-state index in [1.165, 1.54) is 18.3 Å². The fourth-order valence-electron chi connectivity index (χ4n) is 2.95. The number of pyridine rings is 1. The second kappa shape index (κ2) is 6.67. The minimum absolute atomic E-state index is 0.0737. The van der Waals surface area contributed by atoms with Crippen molar-refractivity contribution in [1.29, 1.82) is 5.26 Å². The maximum atomic E-state index is 13.2. The van der Waals surface area contributed by atoms with Crippen molar-refractivity contribution in [2.24, 2.45) is 0 Å². The Labute approximate surface area is 139 Å². The van der Waals surface area contributed by atoms with Gasteiger partial charge in [0.05, 0.1) is 18.2 Å². The molecule has 1 atom stereocenters. The molecular weight excluding hydrogens is 307 g/mol. The van der Waals surface area contributed by atoms with E-state index in [0.717, 1.165) is 24.0 Å². The minimum atomic E-state index is -0.243. The molecular formula is C18H17FN4O. The predicted molar refractivity (Wildman–Crippen MR) is 87.8 cm³/mol. The number of nitrogens with zero attached hydrogens (tertiary/aromatic N) is 3. The van der Waals surface area contributed by atoms with Gasteiger partial charge in [-0.25, -0.2) is 9.37 Å². The van der Waals surface area contributed by atoms with Crippen LogP contribution in [0, 0.1) is 17.1 Å². The zero-order valence-electron chi connectivity index (χ0n) is 13.3. The Hall–Kier alpha value is -2.94. The average Bonchev–Trinajstić information content (AvgIpc) is 2.96. The van der Waals surface area contributed by atoms with Gasteiger partial charge in [-0.15, -0.1) is 0 Å². The Morgan fingerprint density at radius 1 is 1.46 bits per heavy atom. The molecule has 3 rings (SSSR count). The number of aromatic nitrogens is 1. The molecule has 1 heterocycles. The third-order valence-electron chi connectivity index (χ3n) is 4.17. The van der Waals surface area contributed by atoms with Crippen LogP contribution in [0.1, 0.15) is 29.2 Å². The van der Waals surface area contributed by atoms with E-state index in [-0.39, 0.29) is 24.3 Å². The molecule has 0 saturated carbocycles. The molecule has 1 unspecified atom stereocenters. The first kappa shape index (κ1) is 15.9. The molecule has 0 radical (unpaired) electrons. The summed E-state index contributed by atoms with van der Waals surface area (Å²) in [6, 6.07) is 10.0. The predicted octanol–water partition coefficient (Wildman–Crippen LogP) is 2.33. The Balaban J connectivity index is 1.61. The smallest absolute Gasteiger partial charge is 0.240 e. The van der Waals surface area contributed by atoms with Crippen molar-refractivity contribution in [1.82, 2.24) is 10.3 Å². The van der Waals surface area contributed by atoms with Crippen molar-refractivity contribution >= 4 is 11.7 Å². The number of carbonyl (C=O) groups is 1. The Bertz CT molecular complexity index is 798. The van der Waals surface area contributed by atoms with Crippen molar-refractivity contribution < 1.29 is 9.18 Å². The van der Waals surface area contributed by atoms with Crippen molar-refractivity contribution in [3.8, 4) is 6.07 Å². The maximum Gasteiger partial charge on any atom is 0.240 e. The Morgan fingerprint density at radius 3 is 3.00 bits per heavy atom. The number of likely N-dealkylation sites (N-methyl/N-ethyl adjacent to an activating group) is 1. The summed E-state index contributed by atoms with van der Waals surface area (Å²) in [5, 5.41) is 11.8. The minimum Gasteiger partial charge on any atom is -0.350 e. The van der Waals surface area contributed by atoms with Gasteiger partial charge in [0.1, 0.15) is 17.7 Å². The summed E-state index contributed by atoms with van der Waals surface area (Å²) in [5.41, 5.74) is 2.43. The van der Waals surface area contributed by atoms with Crippen LogP contribution in [0.3, 0.4) is 0 Å². The lowest BCUT2D eigenvalue weighted by Gasteiger charge is -2.20. The van der Waals surface area contributed by atoms with Crippen molar-refractivity contribution in [3.63, 3.8) is 0 Å². The summed E-state index contributed by atoms with van der Waals surface area (Å²) in [4.78, 5) is 18.2. The molecule has 1 aliphatic carbocycles. The lowest BCUT2D eigenvalue weighted by Crippen LogP contribution is -2.37. The highest BCUT2D eigenvalue weighted by molar-refractivity contribution is 5.81. The lowest BCUT2D eigenvalue weighted by molar-refractivity contribution is -0.120. The van der Waals surface area contributed by atoms with E-state index >= 15 is 0 Å². The number of hydrogen-bond acceptors (Lipinski definition) is 4. The van der Waals surface area contributed by atoms with E-state index in [1.54, 1.807) is 30.1 Å². The van der Waals surface area contributed by atoms with Gasteiger partial charge >= 0.3 is 0 Å². The molecule has 1 N–H and O–H groups in total. The van der Waals surface area contributed by atoms with Crippen molar-refractivity contribution in [2.75, 3.05) is 18.5 Å². The van der Waals surface area contributed by atoms with E-state index in [1.807, 2.05) is 6.07 Å². The molecule has 122 valence electrons. The van der Waals surface area contributed by atoms with Crippen LogP contribution in [0.15, 0.2) is 36.5 Å². The van der Waals surface area contributed by atoms with Crippen LogP contribution in [0.2, 0.25) is 0 Å². The van der Waals surface area contributed by atoms with Gasteiger partial charge in [0.2, 0.25) is 5.91 Å². The molecule has 0 fully saturated rings. The third-order valence-corrected chi connectivity index (χ3v) is 4.17. The number of nitriles is 1. The van der Waals surface area contributed by atoms with Crippen LogP contribution in [0.5, 0.6) is 0 Å². The first-order chi connectivity index (χ1) is 11.6. The standard InChI is InChI=1S/C18H17FN4O/c1-23(17-7-2-12(9-20)10-21-17)11-18(24)22-16-6-3-13-8-14(19)4-5-15(13)16/h2,4-5,7-8,10,16H,3,6,11H2,1H3,(H,22,24). The second-order valence-corrected chi connectivity index (χ2v) is 5.87. The SMILES string of the molecule is CN(CC(=O)NC1CCc2cc(F)ccc21)c1ccc(C#N)cn1. The molecule has 0 spiro atoms. The highest BCUT2D eigenvalue weighted by Crippen LogP contribution is 2.31. The van der Waals surface area contributed by atoms with E-state index in [9.17, 15) is 9.18 Å². The number of halogens is 1. The number of nitrogens with one attached hydrogen (secondary N) is 1. The van der Waals surface area contributed by atoms with Gasteiger partial charge in [0, 0.05) is 13.2 Å². The maximum absolute atomic E-state index is 13.2. The second-order valence-electron chi connectivity index (χ2n) is 5.87. The first-order valence-corrected chi connectivity index (χ1v) is 7.72. The van der Waals surface area contributed by atoms with Gasteiger partial charge in [-0.3, -0.25) is 4.79 Å². The first-order valence-electron chi connectivity index (χ1n) is 7.72. The van der Waals surface area contributed by atoms with Gasteiger partial charge in [-0.05, 0) is 48.2 Å². The molecule has 0 bridgehead atoms. The Morgan fingerprint density at radius 2 is 2.29 bits per heavy atom. The highest BCUT2D eigenvalue weighted by Gasteiger charge is 2.24. The van der Waals surface area contributed by atoms with Gasteiger partial charge in [0.15, 0.2) is 0 Å². The normalized spacial score (nSPS) is 15.5. The molecule has 0 saturated heterocycles. The number of amides is 1. The largest absolute Gasteiger partial charge is 0.350 e. The number of hydrogen-bond donors (Lipinski definition) is 1. The van der Waals surface area contributed by atoms with Crippen molar-refractivity contribution in [2.45, 2.75) is 18.9 Å². The van der Waals surface area contributed by atoms with Crippen molar-refractivity contribution in [3.05, 3.63) is 59.0 Å². The fourth-order valence-corrected chi connectivity index (χ4v) is 2.95. The third kappa shape index (κ3) is 3.35. The molecule has 24 heavy (non-hydrogen) atoms. The summed E-state index contributed by atoms with van der Waals surface area (Å²) in [6.45, 7) is 0.159. The molecule has 0 aliphatic heterocycles. The number of carbonyl (C=O) groups excluding carboxylic acids is 1. The number of rotatable bonds is 4. The summed E-state index contributed by atoms with van der Waals surface area (Å²) in [5.74, 6) is 0.260. The van der Waals surface area contributed by atoms with Crippen LogP contribution >= 0.6 is 0 Å². The van der Waals surface area contributed by atoms with Crippen LogP contribution in [-0.2, 0) is 11.2 Å². The van der Waals surface area contributed by atoms with E-state index in [0.29, 0.717) is 11.4 Å². The molecule has 1 aliphatic rings. The average molecular weight is 324 g/mol. The van der Waals surface area contributed by atoms with E-state index in [2.05, 4.69) is 10.3 Å². The van der Waals surface area contributed by atoms with Crippen LogP contribution in [-0.4, -0.2) is 24.5 Å². The molecule has 5 nitrogen and oxygen atoms in total. The number of anilines is 1. The monoisotopic (exact) mass is 324 g/mol. The summed E-state index contributed by atoms with van der Waals surface area (Å²) in [6.07, 6.45) is 3.03. The summed E-state index contributed by atoms with van der Waals surface area (Å²) in [7, 11) is 1.77. The fraction of sp³-hybridized carbons (Fsp3) is 0.278. The van der Waals surface area contributed by atoms with Gasteiger partial charge in [-0.1, -0.05) is 6.07 Å². The Kier molecular flexibility index (Phi) is 4.43. The van der Waals surface area contributed by atoms with E-state index in [4.69, 9.17) is 5.26 Å². The summed E-state index contributed by atoms with van der Waals surface area (Å²) >= 11 is 0. The van der Waals surface area contributed by atoms with Crippen LogP contribution in [0.4, 0.5) is 10.2 Å². The topological polar surface area (TPSA) is 69.0 Å². The quantitative estimate of drug-likeness (QED) is 0.937. The van der Waals surface area contributed by atoms with Crippen LogP contribution in [0.25, 0.3) is 0 Å². The number of aryl methyl sites for hydroxylation is 1. The molecule has 6 heteroatoms.